The molecule has 0 saturated heterocycles. The van der Waals surface area contributed by atoms with Crippen molar-refractivity contribution in [1.82, 2.24) is 0 Å². The van der Waals surface area contributed by atoms with E-state index in [0.29, 0.717) is 29.1 Å². The van der Waals surface area contributed by atoms with Crippen LogP contribution in [0.1, 0.15) is 22.3 Å². The minimum absolute atomic E-state index is 0.0112. The lowest BCUT2D eigenvalue weighted by molar-refractivity contribution is 0.0988. The van der Waals surface area contributed by atoms with Crippen molar-refractivity contribution >= 4 is 34.7 Å². The number of carbonyl (C=O) groups excluding carboxylic acids is 1. The molecule has 0 aliphatic rings. The molecule has 4 heteroatoms. The first-order valence-electron chi connectivity index (χ1n) is 4.23. The lowest BCUT2D eigenvalue weighted by Crippen LogP contribution is -2.06. The van der Waals surface area contributed by atoms with Crippen LogP contribution >= 0.6 is 23.2 Å². The van der Waals surface area contributed by atoms with Crippen LogP contribution in [0.4, 0.5) is 5.69 Å². The Hall–Kier alpha value is -0.730. The lowest BCUT2D eigenvalue weighted by Gasteiger charge is -2.07. The van der Waals surface area contributed by atoms with Crippen LogP contribution in [0, 0.1) is 0 Å². The van der Waals surface area contributed by atoms with Crippen LogP contribution in [0.5, 0.6) is 0 Å². The standard InChI is InChI=1S/C10H11Cl2NO/c11-5-4-10(14)7-2-1-3-9(13)8(7)6-12/h1-3H,4-6,13H2. The van der Waals surface area contributed by atoms with Crippen molar-refractivity contribution in [2.24, 2.45) is 0 Å². The zero-order valence-corrected chi connectivity index (χ0v) is 9.11. The molecule has 0 aromatic heterocycles. The second-order valence-corrected chi connectivity index (χ2v) is 3.51. The summed E-state index contributed by atoms with van der Waals surface area (Å²) in [5.74, 6) is 0.550. The third-order valence-corrected chi connectivity index (χ3v) is 2.42. The molecule has 0 saturated carbocycles. The molecule has 0 spiro atoms. The van der Waals surface area contributed by atoms with Crippen molar-refractivity contribution in [2.75, 3.05) is 11.6 Å². The van der Waals surface area contributed by atoms with Crippen molar-refractivity contribution in [3.05, 3.63) is 29.3 Å². The SMILES string of the molecule is Nc1cccc(C(=O)CCCl)c1CCl. The summed E-state index contributed by atoms with van der Waals surface area (Å²) in [5.41, 5.74) is 7.53. The number of Topliss-reactive ketones (excluding diaryl/α,β-unsaturated/α-hetero) is 1. The number of carbonyl (C=O) groups is 1. The average Bonchev–Trinajstić information content (AvgIpc) is 2.17. The number of hydrogen-bond acceptors (Lipinski definition) is 2. The maximum Gasteiger partial charge on any atom is 0.164 e. The molecular weight excluding hydrogens is 221 g/mol. The molecule has 1 aromatic carbocycles. The van der Waals surface area contributed by atoms with Crippen molar-refractivity contribution in [1.29, 1.82) is 0 Å². The van der Waals surface area contributed by atoms with E-state index in [-0.39, 0.29) is 11.7 Å². The van der Waals surface area contributed by atoms with E-state index in [1.54, 1.807) is 18.2 Å². The lowest BCUT2D eigenvalue weighted by atomic mass is 10.0. The molecule has 0 unspecified atom stereocenters. The molecule has 0 fully saturated rings. The minimum Gasteiger partial charge on any atom is -0.398 e. The van der Waals surface area contributed by atoms with Gasteiger partial charge < -0.3 is 5.73 Å². The number of benzene rings is 1. The first-order valence-corrected chi connectivity index (χ1v) is 5.30. The molecule has 76 valence electrons. The van der Waals surface area contributed by atoms with Gasteiger partial charge in [-0.25, -0.2) is 0 Å². The highest BCUT2D eigenvalue weighted by Crippen LogP contribution is 2.20. The zero-order valence-electron chi connectivity index (χ0n) is 7.59. The van der Waals surface area contributed by atoms with Crippen LogP contribution in [0.3, 0.4) is 0 Å². The predicted molar refractivity (Wildman–Crippen MR) is 60.1 cm³/mol. The van der Waals surface area contributed by atoms with E-state index in [9.17, 15) is 4.79 Å². The number of alkyl halides is 2. The number of anilines is 1. The summed E-state index contributed by atoms with van der Waals surface area (Å²) < 4.78 is 0. The highest BCUT2D eigenvalue weighted by molar-refractivity contribution is 6.20. The molecule has 1 rings (SSSR count). The van der Waals surface area contributed by atoms with E-state index in [1.165, 1.54) is 0 Å². The molecule has 0 amide bonds. The van der Waals surface area contributed by atoms with E-state index >= 15 is 0 Å². The van der Waals surface area contributed by atoms with Gasteiger partial charge in [0.1, 0.15) is 0 Å². The number of halogens is 2. The fraction of sp³-hybridized carbons (Fsp3) is 0.300. The van der Waals surface area contributed by atoms with Crippen LogP contribution in [0.25, 0.3) is 0 Å². The number of nitrogens with two attached hydrogens (primary N) is 1. The number of ketones is 1. The normalized spacial score (nSPS) is 10.1. The van der Waals surface area contributed by atoms with Crippen molar-refractivity contribution in [2.45, 2.75) is 12.3 Å². The Balaban J connectivity index is 3.07. The Morgan fingerprint density at radius 1 is 1.36 bits per heavy atom. The van der Waals surface area contributed by atoms with Crippen LogP contribution in [-0.2, 0) is 5.88 Å². The minimum atomic E-state index is -0.0112. The Labute approximate surface area is 93.0 Å². The van der Waals surface area contributed by atoms with E-state index in [1.807, 2.05) is 0 Å². The Bertz CT molecular complexity index is 339. The summed E-state index contributed by atoms with van der Waals surface area (Å²) in [6, 6.07) is 5.20. The molecule has 0 heterocycles. The van der Waals surface area contributed by atoms with Gasteiger partial charge in [-0.05, 0) is 6.07 Å². The zero-order chi connectivity index (χ0) is 10.6. The van der Waals surface area contributed by atoms with Gasteiger partial charge in [-0.15, -0.1) is 23.2 Å². The van der Waals surface area contributed by atoms with Gasteiger partial charge in [-0.3, -0.25) is 4.79 Å². The Morgan fingerprint density at radius 2 is 2.07 bits per heavy atom. The third-order valence-electron chi connectivity index (χ3n) is 1.97. The highest BCUT2D eigenvalue weighted by Gasteiger charge is 2.11. The topological polar surface area (TPSA) is 43.1 Å². The maximum absolute atomic E-state index is 11.6. The molecule has 14 heavy (non-hydrogen) atoms. The summed E-state index contributed by atoms with van der Waals surface area (Å²) in [7, 11) is 0. The monoisotopic (exact) mass is 231 g/mol. The predicted octanol–water partition coefficient (Wildman–Crippen LogP) is 2.82. The van der Waals surface area contributed by atoms with Crippen LogP contribution in [-0.4, -0.2) is 11.7 Å². The second kappa shape index (κ2) is 5.23. The second-order valence-electron chi connectivity index (χ2n) is 2.87. The molecule has 0 atom stereocenters. The van der Waals surface area contributed by atoms with Gasteiger partial charge in [-0.2, -0.15) is 0 Å². The van der Waals surface area contributed by atoms with Crippen molar-refractivity contribution in [3.63, 3.8) is 0 Å². The molecule has 2 N–H and O–H groups in total. The quantitative estimate of drug-likeness (QED) is 0.492. The first-order chi connectivity index (χ1) is 6.70. The van der Waals surface area contributed by atoms with Gasteiger partial charge in [0.25, 0.3) is 0 Å². The van der Waals surface area contributed by atoms with Gasteiger partial charge in [0.05, 0.1) is 5.88 Å². The summed E-state index contributed by atoms with van der Waals surface area (Å²) in [6.07, 6.45) is 0.314. The number of rotatable bonds is 4. The fourth-order valence-corrected chi connectivity index (χ4v) is 1.71. The molecule has 0 bridgehead atoms. The van der Waals surface area contributed by atoms with E-state index in [2.05, 4.69) is 0 Å². The Kier molecular flexibility index (Phi) is 4.23. The van der Waals surface area contributed by atoms with E-state index in [4.69, 9.17) is 28.9 Å². The summed E-state index contributed by atoms with van der Waals surface area (Å²) in [5, 5.41) is 0. The van der Waals surface area contributed by atoms with E-state index < -0.39 is 0 Å². The molecule has 1 aromatic rings. The summed E-state index contributed by atoms with van der Waals surface area (Å²) in [4.78, 5) is 11.6. The van der Waals surface area contributed by atoms with Crippen molar-refractivity contribution < 1.29 is 4.79 Å². The number of nitrogen functional groups attached to an aromatic ring is 1. The summed E-state index contributed by atoms with van der Waals surface area (Å²) in [6.45, 7) is 0. The average molecular weight is 232 g/mol. The van der Waals surface area contributed by atoms with Gasteiger partial charge >= 0.3 is 0 Å². The Morgan fingerprint density at radius 3 is 2.64 bits per heavy atom. The molecule has 0 aliphatic carbocycles. The highest BCUT2D eigenvalue weighted by atomic mass is 35.5. The molecule has 2 nitrogen and oxygen atoms in total. The van der Waals surface area contributed by atoms with Crippen LogP contribution in [0.15, 0.2) is 18.2 Å². The largest absolute Gasteiger partial charge is 0.398 e. The van der Waals surface area contributed by atoms with Crippen molar-refractivity contribution in [3.8, 4) is 0 Å². The van der Waals surface area contributed by atoms with Crippen LogP contribution < -0.4 is 5.73 Å². The molecule has 0 radical (unpaired) electrons. The van der Waals surface area contributed by atoms with Gasteiger partial charge in [0.2, 0.25) is 0 Å². The maximum atomic E-state index is 11.6. The van der Waals surface area contributed by atoms with Gasteiger partial charge in [0, 0.05) is 29.1 Å². The van der Waals surface area contributed by atoms with Gasteiger partial charge in [-0.1, -0.05) is 12.1 Å². The first kappa shape index (κ1) is 11.3. The number of hydrogen-bond donors (Lipinski definition) is 1. The summed E-state index contributed by atoms with van der Waals surface area (Å²) >= 11 is 11.2. The van der Waals surface area contributed by atoms with Gasteiger partial charge in [0.15, 0.2) is 5.78 Å². The molecular formula is C10H11Cl2NO. The van der Waals surface area contributed by atoms with E-state index in [0.717, 1.165) is 0 Å². The van der Waals surface area contributed by atoms with Crippen LogP contribution in [0.2, 0.25) is 0 Å². The fourth-order valence-electron chi connectivity index (χ4n) is 1.24. The third kappa shape index (κ3) is 2.40. The smallest absolute Gasteiger partial charge is 0.164 e. The molecule has 0 aliphatic heterocycles.